The molecule has 2 aliphatic heterocycles. The fraction of sp³-hybridized carbons (Fsp3) is 0.633. The molecule has 2 fully saturated rings. The van der Waals surface area contributed by atoms with E-state index in [4.69, 9.17) is 33.9 Å². The van der Waals surface area contributed by atoms with E-state index in [0.29, 0.717) is 37.2 Å². The average Bonchev–Trinajstić information content (AvgIpc) is 2.99. The molecule has 1 aromatic carbocycles. The lowest BCUT2D eigenvalue weighted by atomic mass is 9.75. The molecule has 9 heteroatoms. The second kappa shape index (κ2) is 14.4. The number of carbonyl (C=O) groups excluding carboxylic acids is 2. The Balaban J connectivity index is 1.55. The number of likely N-dealkylation sites (tertiary alicyclic amines) is 2. The number of fused-ring (bicyclic) bond motifs is 1. The summed E-state index contributed by atoms with van der Waals surface area (Å²) in [5.74, 6) is 1.44. The summed E-state index contributed by atoms with van der Waals surface area (Å²) in [4.78, 5) is 33.4. The molecule has 0 bridgehead atoms. The Morgan fingerprint density at radius 2 is 1.74 bits per heavy atom. The lowest BCUT2D eigenvalue weighted by molar-refractivity contribution is -0.134. The number of aliphatic imine (C=N–C) groups is 1. The highest BCUT2D eigenvalue weighted by atomic mass is 79.9. The van der Waals surface area contributed by atoms with Crippen LogP contribution in [0.3, 0.4) is 0 Å². The van der Waals surface area contributed by atoms with Crippen LogP contribution in [0.5, 0.6) is 0 Å². The molecule has 3 amide bonds. The van der Waals surface area contributed by atoms with Crippen molar-refractivity contribution in [3.8, 4) is 0 Å². The van der Waals surface area contributed by atoms with Crippen molar-refractivity contribution in [2.24, 2.45) is 22.6 Å². The lowest BCUT2D eigenvalue weighted by Gasteiger charge is -2.39. The number of piperidine rings is 2. The third kappa shape index (κ3) is 7.59. The van der Waals surface area contributed by atoms with Gasteiger partial charge in [-0.15, -0.1) is 11.6 Å². The second-order valence-corrected chi connectivity index (χ2v) is 12.7. The molecule has 0 aromatic heterocycles. The van der Waals surface area contributed by atoms with Gasteiger partial charge in [0, 0.05) is 59.9 Å². The number of nitrogens with zero attached hydrogens (tertiary/aromatic N) is 3. The number of hydrogen-bond donors (Lipinski definition) is 1. The molecular formula is C30H41BrCl2N4O2. The maximum Gasteiger partial charge on any atom is 0.314 e. The molecule has 2 N–H and O–H groups in total. The SMILES string of the molecule is CC/C1=C(\N=CCCl)C(C2CCN(C(=O)CC3CCN(C(N)=O)CC3)CC2)c2c(Br)cc(Cl)cc2CCCC1. The zero-order valence-corrected chi connectivity index (χ0v) is 26.0. The minimum Gasteiger partial charge on any atom is -0.351 e. The number of carbonyl (C=O) groups is 2. The molecule has 1 aliphatic carbocycles. The number of hydrogen-bond acceptors (Lipinski definition) is 3. The van der Waals surface area contributed by atoms with Gasteiger partial charge in [0.25, 0.3) is 0 Å². The second-order valence-electron chi connectivity index (χ2n) is 11.1. The zero-order valence-electron chi connectivity index (χ0n) is 22.9. The molecule has 0 radical (unpaired) electrons. The van der Waals surface area contributed by atoms with Crippen molar-refractivity contribution in [1.29, 1.82) is 0 Å². The van der Waals surface area contributed by atoms with Gasteiger partial charge < -0.3 is 15.5 Å². The molecule has 1 unspecified atom stereocenters. The van der Waals surface area contributed by atoms with Gasteiger partial charge in [-0.3, -0.25) is 9.79 Å². The van der Waals surface area contributed by atoms with Gasteiger partial charge in [0.05, 0.1) is 5.88 Å². The van der Waals surface area contributed by atoms with Gasteiger partial charge in [-0.2, -0.15) is 0 Å². The number of halogens is 3. The predicted octanol–water partition coefficient (Wildman–Crippen LogP) is 7.31. The molecule has 2 heterocycles. The first-order chi connectivity index (χ1) is 18.8. The lowest BCUT2D eigenvalue weighted by Crippen LogP contribution is -2.44. The summed E-state index contributed by atoms with van der Waals surface area (Å²) < 4.78 is 1.05. The van der Waals surface area contributed by atoms with E-state index in [1.165, 1.54) is 16.7 Å². The van der Waals surface area contributed by atoms with Crippen molar-refractivity contribution in [3.05, 3.63) is 44.0 Å². The quantitative estimate of drug-likeness (QED) is 0.262. The summed E-state index contributed by atoms with van der Waals surface area (Å²) in [5, 5.41) is 0.756. The van der Waals surface area contributed by atoms with E-state index in [0.717, 1.165) is 86.1 Å². The Hall–Kier alpha value is -1.57. The average molecular weight is 640 g/mol. The van der Waals surface area contributed by atoms with Crippen LogP contribution in [-0.4, -0.2) is 60.0 Å². The smallest absolute Gasteiger partial charge is 0.314 e. The van der Waals surface area contributed by atoms with Crippen LogP contribution in [0.2, 0.25) is 5.02 Å². The van der Waals surface area contributed by atoms with Gasteiger partial charge in [0.2, 0.25) is 5.91 Å². The monoisotopic (exact) mass is 638 g/mol. The fourth-order valence-electron chi connectivity index (χ4n) is 6.67. The van der Waals surface area contributed by atoms with Crippen LogP contribution in [0.4, 0.5) is 4.79 Å². The van der Waals surface area contributed by atoms with Crippen LogP contribution >= 0.6 is 39.1 Å². The molecule has 1 atom stereocenters. The van der Waals surface area contributed by atoms with E-state index in [-0.39, 0.29) is 17.9 Å². The molecule has 4 rings (SSSR count). The maximum atomic E-state index is 13.3. The summed E-state index contributed by atoms with van der Waals surface area (Å²) in [6.45, 7) is 5.04. The molecular weight excluding hydrogens is 599 g/mol. The first kappa shape index (κ1) is 30.4. The Labute approximate surface area is 251 Å². The Bertz CT molecular complexity index is 1090. The van der Waals surface area contributed by atoms with E-state index in [1.807, 2.05) is 12.3 Å². The van der Waals surface area contributed by atoms with Crippen LogP contribution in [0, 0.1) is 11.8 Å². The van der Waals surface area contributed by atoms with Crippen molar-refractivity contribution in [2.45, 2.75) is 77.0 Å². The topological polar surface area (TPSA) is 79.0 Å². The largest absolute Gasteiger partial charge is 0.351 e. The predicted molar refractivity (Wildman–Crippen MR) is 164 cm³/mol. The third-order valence-corrected chi connectivity index (χ3v) is 9.81. The standard InChI is InChI=1S/C30H41BrCl2N4O2/c1-2-21-5-3-4-6-23-18-24(33)19-25(31)27(23)28(29(21)35-12-11-32)22-9-15-36(16-10-22)26(38)17-20-7-13-37(14-8-20)30(34)39/h12,18-20,22,28H,2-11,13-17H2,1H3,(H2,34,39)/b29-21+,35-12?. The molecule has 0 spiro atoms. The minimum absolute atomic E-state index is 0.134. The Kier molecular flexibility index (Phi) is 11.2. The van der Waals surface area contributed by atoms with Crippen LogP contribution in [0.25, 0.3) is 0 Å². The minimum atomic E-state index is -0.364. The van der Waals surface area contributed by atoms with Crippen molar-refractivity contribution in [2.75, 3.05) is 32.1 Å². The van der Waals surface area contributed by atoms with E-state index in [9.17, 15) is 9.59 Å². The summed E-state index contributed by atoms with van der Waals surface area (Å²) in [5.41, 5.74) is 10.6. The van der Waals surface area contributed by atoms with Crippen molar-refractivity contribution in [3.63, 3.8) is 0 Å². The molecule has 0 saturated carbocycles. The Morgan fingerprint density at radius 1 is 1.08 bits per heavy atom. The van der Waals surface area contributed by atoms with Gasteiger partial charge in [0.15, 0.2) is 0 Å². The van der Waals surface area contributed by atoms with Gasteiger partial charge >= 0.3 is 6.03 Å². The van der Waals surface area contributed by atoms with Gasteiger partial charge in [0.1, 0.15) is 0 Å². The van der Waals surface area contributed by atoms with E-state index in [1.54, 1.807) is 4.90 Å². The highest BCUT2D eigenvalue weighted by Crippen LogP contribution is 2.47. The summed E-state index contributed by atoms with van der Waals surface area (Å²) in [6.07, 6.45) is 11.2. The fourth-order valence-corrected chi connectivity index (χ4v) is 7.86. The van der Waals surface area contributed by atoms with Crippen LogP contribution in [-0.2, 0) is 11.2 Å². The summed E-state index contributed by atoms with van der Waals surface area (Å²) in [6, 6.07) is 3.79. The number of rotatable bonds is 6. The van der Waals surface area contributed by atoms with Crippen LogP contribution in [0.15, 0.2) is 32.9 Å². The molecule has 3 aliphatic rings. The van der Waals surface area contributed by atoms with Crippen LogP contribution in [0.1, 0.15) is 81.8 Å². The number of primary amides is 1. The molecule has 1 aromatic rings. The number of alkyl halides is 1. The maximum absolute atomic E-state index is 13.3. The van der Waals surface area contributed by atoms with Gasteiger partial charge in [-0.1, -0.05) is 34.5 Å². The van der Waals surface area contributed by atoms with Gasteiger partial charge in [-0.05, 0) is 98.5 Å². The number of amides is 3. The van der Waals surface area contributed by atoms with E-state index >= 15 is 0 Å². The van der Waals surface area contributed by atoms with Crippen molar-refractivity contribution in [1.82, 2.24) is 9.80 Å². The van der Waals surface area contributed by atoms with E-state index in [2.05, 4.69) is 33.8 Å². The first-order valence-corrected chi connectivity index (χ1v) is 16.1. The van der Waals surface area contributed by atoms with Gasteiger partial charge in [-0.25, -0.2) is 4.79 Å². The third-order valence-electron chi connectivity index (χ3n) is 8.80. The molecule has 2 saturated heterocycles. The highest BCUT2D eigenvalue weighted by molar-refractivity contribution is 9.10. The first-order valence-electron chi connectivity index (χ1n) is 14.4. The summed E-state index contributed by atoms with van der Waals surface area (Å²) >= 11 is 16.5. The Morgan fingerprint density at radius 3 is 2.38 bits per heavy atom. The van der Waals surface area contributed by atoms with Crippen molar-refractivity contribution < 1.29 is 9.59 Å². The number of urea groups is 1. The highest BCUT2D eigenvalue weighted by Gasteiger charge is 2.36. The number of nitrogens with two attached hydrogens (primary N) is 1. The number of allylic oxidation sites excluding steroid dienone is 2. The number of benzene rings is 1. The normalized spacial score (nSPS) is 23.8. The zero-order chi connectivity index (χ0) is 27.9. The van der Waals surface area contributed by atoms with Crippen molar-refractivity contribution >= 4 is 57.3 Å². The molecule has 6 nitrogen and oxygen atoms in total. The molecule has 39 heavy (non-hydrogen) atoms. The van der Waals surface area contributed by atoms with Crippen LogP contribution < -0.4 is 5.73 Å². The molecule has 214 valence electrons. The van der Waals surface area contributed by atoms with E-state index < -0.39 is 0 Å². The summed E-state index contributed by atoms with van der Waals surface area (Å²) in [7, 11) is 0. The number of aryl methyl sites for hydroxylation is 1.